The lowest BCUT2D eigenvalue weighted by atomic mass is 10.2. The van der Waals surface area contributed by atoms with Gasteiger partial charge in [-0.25, -0.2) is 4.99 Å². The van der Waals surface area contributed by atoms with Gasteiger partial charge in [0.2, 0.25) is 5.78 Å². The summed E-state index contributed by atoms with van der Waals surface area (Å²) in [4.78, 5) is 15.4. The Kier molecular flexibility index (Phi) is 2.93. The van der Waals surface area contributed by atoms with Crippen molar-refractivity contribution in [3.8, 4) is 0 Å². The van der Waals surface area contributed by atoms with E-state index in [1.165, 1.54) is 6.08 Å². The van der Waals surface area contributed by atoms with Crippen molar-refractivity contribution in [3.63, 3.8) is 0 Å². The van der Waals surface area contributed by atoms with Gasteiger partial charge in [0.1, 0.15) is 6.61 Å². The number of hydrogen-bond acceptors (Lipinski definition) is 3. The van der Waals surface area contributed by atoms with Crippen molar-refractivity contribution in [2.75, 3.05) is 13.2 Å². The molecule has 0 aromatic heterocycles. The Balaban J connectivity index is 2.03. The van der Waals surface area contributed by atoms with Crippen molar-refractivity contribution in [1.29, 1.82) is 0 Å². The molecule has 76 valence electrons. The summed E-state index contributed by atoms with van der Waals surface area (Å²) in [6, 6.07) is 9.65. The third kappa shape index (κ3) is 2.53. The summed E-state index contributed by atoms with van der Waals surface area (Å²) < 4.78 is 5.05. The number of rotatable bonds is 3. The summed E-state index contributed by atoms with van der Waals surface area (Å²) in [6.45, 7) is 1.10. The number of hydrogen-bond donors (Lipinski definition) is 0. The monoisotopic (exact) mass is 201 g/mol. The highest BCUT2D eigenvalue weighted by atomic mass is 16.5. The molecule has 15 heavy (non-hydrogen) atoms. The second-order valence-electron chi connectivity index (χ2n) is 3.14. The molecule has 0 aliphatic carbocycles. The minimum atomic E-state index is -0.170. The quantitative estimate of drug-likeness (QED) is 0.698. The van der Waals surface area contributed by atoms with E-state index >= 15 is 0 Å². The first-order valence-electron chi connectivity index (χ1n) is 4.81. The second-order valence-corrected chi connectivity index (χ2v) is 3.14. The summed E-state index contributed by atoms with van der Waals surface area (Å²) in [5.74, 6) is 0.0542. The van der Waals surface area contributed by atoms with E-state index in [2.05, 4.69) is 4.99 Å². The van der Waals surface area contributed by atoms with Gasteiger partial charge in [-0.3, -0.25) is 4.79 Å². The summed E-state index contributed by atoms with van der Waals surface area (Å²) in [6.07, 6.45) is 3.24. The highest BCUT2D eigenvalue weighted by Gasteiger charge is 2.13. The van der Waals surface area contributed by atoms with E-state index in [0.29, 0.717) is 13.2 Å². The van der Waals surface area contributed by atoms with Crippen molar-refractivity contribution in [3.05, 3.63) is 42.0 Å². The van der Waals surface area contributed by atoms with Gasteiger partial charge in [0, 0.05) is 0 Å². The lowest BCUT2D eigenvalue weighted by Gasteiger charge is -1.95. The predicted molar refractivity (Wildman–Crippen MR) is 58.7 cm³/mol. The molecule has 0 N–H and O–H groups in total. The molecule has 0 saturated heterocycles. The van der Waals surface area contributed by atoms with Crippen LogP contribution in [0.2, 0.25) is 0 Å². The Hall–Kier alpha value is -1.90. The van der Waals surface area contributed by atoms with Gasteiger partial charge < -0.3 is 4.74 Å². The first-order chi connectivity index (χ1) is 7.36. The van der Waals surface area contributed by atoms with Gasteiger partial charge in [0.05, 0.1) is 6.54 Å². The standard InChI is InChI=1S/C12H11NO2/c14-11(12-13-8-9-15-12)7-6-10-4-2-1-3-5-10/h1-7H,8-9H2. The summed E-state index contributed by atoms with van der Waals surface area (Å²) in [5.41, 5.74) is 0.990. The predicted octanol–water partition coefficient (Wildman–Crippen LogP) is 1.70. The van der Waals surface area contributed by atoms with Crippen LogP contribution in [0.15, 0.2) is 41.4 Å². The SMILES string of the molecule is O=C(C=Cc1ccccc1)C1=NCCO1. The third-order valence-corrected chi connectivity index (χ3v) is 2.02. The number of carbonyl (C=O) groups is 1. The molecule has 0 amide bonds. The third-order valence-electron chi connectivity index (χ3n) is 2.02. The highest BCUT2D eigenvalue weighted by molar-refractivity contribution is 6.41. The molecule has 0 spiro atoms. The lowest BCUT2D eigenvalue weighted by molar-refractivity contribution is -0.110. The van der Waals surface area contributed by atoms with Gasteiger partial charge in [-0.1, -0.05) is 36.4 Å². The molecule has 0 fully saturated rings. The van der Waals surface area contributed by atoms with E-state index in [1.807, 2.05) is 30.3 Å². The molecule has 0 bridgehead atoms. The van der Waals surface area contributed by atoms with Gasteiger partial charge in [0.15, 0.2) is 0 Å². The van der Waals surface area contributed by atoms with Crippen LogP contribution < -0.4 is 0 Å². The molecular weight excluding hydrogens is 190 g/mol. The number of aliphatic imine (C=N–C) groups is 1. The van der Waals surface area contributed by atoms with Crippen LogP contribution in [0.4, 0.5) is 0 Å². The topological polar surface area (TPSA) is 38.7 Å². The van der Waals surface area contributed by atoms with E-state index in [4.69, 9.17) is 4.74 Å². The summed E-state index contributed by atoms with van der Waals surface area (Å²) >= 11 is 0. The summed E-state index contributed by atoms with van der Waals surface area (Å²) in [7, 11) is 0. The fourth-order valence-corrected chi connectivity index (χ4v) is 1.29. The van der Waals surface area contributed by atoms with Gasteiger partial charge in [-0.15, -0.1) is 0 Å². The number of ether oxygens (including phenoxy) is 1. The van der Waals surface area contributed by atoms with Crippen LogP contribution >= 0.6 is 0 Å². The smallest absolute Gasteiger partial charge is 0.258 e. The van der Waals surface area contributed by atoms with Gasteiger partial charge >= 0.3 is 0 Å². The normalized spacial score (nSPS) is 15.1. The molecule has 1 aromatic rings. The van der Waals surface area contributed by atoms with Crippen molar-refractivity contribution < 1.29 is 9.53 Å². The molecule has 3 nitrogen and oxygen atoms in total. The number of carbonyl (C=O) groups excluding carboxylic acids is 1. The van der Waals surface area contributed by atoms with Crippen LogP contribution in [0.5, 0.6) is 0 Å². The van der Waals surface area contributed by atoms with E-state index in [1.54, 1.807) is 6.08 Å². The van der Waals surface area contributed by atoms with Gasteiger partial charge in [-0.05, 0) is 11.6 Å². The fraction of sp³-hybridized carbons (Fsp3) is 0.167. The Labute approximate surface area is 88.1 Å². The number of ketones is 1. The highest BCUT2D eigenvalue weighted by Crippen LogP contribution is 2.02. The largest absolute Gasteiger partial charge is 0.473 e. The van der Waals surface area contributed by atoms with E-state index in [9.17, 15) is 4.79 Å². The molecular formula is C12H11NO2. The minimum Gasteiger partial charge on any atom is -0.473 e. The molecule has 0 radical (unpaired) electrons. The average Bonchev–Trinajstić information content (AvgIpc) is 2.81. The molecule has 1 heterocycles. The van der Waals surface area contributed by atoms with Crippen molar-refractivity contribution in [2.24, 2.45) is 4.99 Å². The summed E-state index contributed by atoms with van der Waals surface area (Å²) in [5, 5.41) is 0. The van der Waals surface area contributed by atoms with E-state index in [0.717, 1.165) is 5.56 Å². The molecule has 1 aliphatic rings. The maximum Gasteiger partial charge on any atom is 0.258 e. The fourth-order valence-electron chi connectivity index (χ4n) is 1.29. The van der Waals surface area contributed by atoms with Crippen LogP contribution in [0.1, 0.15) is 5.56 Å². The zero-order valence-corrected chi connectivity index (χ0v) is 8.22. The van der Waals surface area contributed by atoms with Crippen molar-refractivity contribution in [2.45, 2.75) is 0 Å². The van der Waals surface area contributed by atoms with Crippen LogP contribution in [0.3, 0.4) is 0 Å². The van der Waals surface area contributed by atoms with E-state index < -0.39 is 0 Å². The van der Waals surface area contributed by atoms with Crippen LogP contribution in [-0.2, 0) is 9.53 Å². The van der Waals surface area contributed by atoms with E-state index in [-0.39, 0.29) is 11.7 Å². The van der Waals surface area contributed by atoms with Gasteiger partial charge in [-0.2, -0.15) is 0 Å². The van der Waals surface area contributed by atoms with Crippen molar-refractivity contribution >= 4 is 17.8 Å². The first-order valence-corrected chi connectivity index (χ1v) is 4.81. The minimum absolute atomic E-state index is 0.170. The van der Waals surface area contributed by atoms with Crippen molar-refractivity contribution in [1.82, 2.24) is 0 Å². The Morgan fingerprint density at radius 3 is 2.80 bits per heavy atom. The van der Waals surface area contributed by atoms with Crippen LogP contribution in [-0.4, -0.2) is 24.8 Å². The number of benzene rings is 1. The lowest BCUT2D eigenvalue weighted by Crippen LogP contribution is -2.10. The Morgan fingerprint density at radius 2 is 2.13 bits per heavy atom. The molecule has 0 unspecified atom stereocenters. The first kappa shape index (κ1) is 9.65. The van der Waals surface area contributed by atoms with Gasteiger partial charge in [0.25, 0.3) is 5.90 Å². The van der Waals surface area contributed by atoms with Crippen LogP contribution in [0, 0.1) is 0 Å². The maximum absolute atomic E-state index is 11.5. The zero-order valence-electron chi connectivity index (χ0n) is 8.22. The van der Waals surface area contributed by atoms with Crippen LogP contribution in [0.25, 0.3) is 6.08 Å². The maximum atomic E-state index is 11.5. The Bertz CT molecular complexity index is 407. The molecule has 0 saturated carbocycles. The molecule has 1 aliphatic heterocycles. The average molecular weight is 201 g/mol. The molecule has 2 rings (SSSR count). The zero-order chi connectivity index (χ0) is 10.5. The Morgan fingerprint density at radius 1 is 1.33 bits per heavy atom. The second kappa shape index (κ2) is 4.55. The molecule has 0 atom stereocenters. The molecule has 3 heteroatoms. The molecule has 1 aromatic carbocycles. The number of nitrogens with zero attached hydrogens (tertiary/aromatic N) is 1.